The number of nitrogens with one attached hydrogen (secondary N) is 2. The molecule has 0 radical (unpaired) electrons. The fraction of sp³-hybridized carbons (Fsp3) is 0.286. The fourth-order valence-electron chi connectivity index (χ4n) is 2.18. The van der Waals surface area contributed by atoms with E-state index in [4.69, 9.17) is 0 Å². The molecular weight excluding hydrogens is 277 g/mol. The van der Waals surface area contributed by atoms with Crippen molar-refractivity contribution in [2.75, 3.05) is 6.54 Å². The molecule has 0 aliphatic carbocycles. The molecule has 0 saturated heterocycles. The number of benzene rings is 1. The van der Waals surface area contributed by atoms with Gasteiger partial charge in [-0.05, 0) is 18.2 Å². The predicted octanol–water partition coefficient (Wildman–Crippen LogP) is 1.85. The van der Waals surface area contributed by atoms with E-state index in [2.05, 4.69) is 15.3 Å². The van der Waals surface area contributed by atoms with Crippen LogP contribution in [-0.4, -0.2) is 16.5 Å². The van der Waals surface area contributed by atoms with Gasteiger partial charge in [0.15, 0.2) is 0 Å². The second-order valence-corrected chi connectivity index (χ2v) is 5.66. The zero-order valence-corrected chi connectivity index (χ0v) is 11.6. The van der Waals surface area contributed by atoms with Crippen molar-refractivity contribution in [2.24, 2.45) is 0 Å². The first-order valence-electron chi connectivity index (χ1n) is 6.42. The van der Waals surface area contributed by atoms with Crippen molar-refractivity contribution in [3.8, 4) is 0 Å². The lowest BCUT2D eigenvalue weighted by Gasteiger charge is -2.15. The smallest absolute Gasteiger partial charge is 0.255 e. The molecule has 0 amide bonds. The van der Waals surface area contributed by atoms with E-state index < -0.39 is 0 Å². The van der Waals surface area contributed by atoms with Crippen LogP contribution in [0.15, 0.2) is 34.0 Å². The molecule has 2 N–H and O–H groups in total. The van der Waals surface area contributed by atoms with E-state index in [0.29, 0.717) is 18.1 Å². The number of fused-ring (bicyclic) bond motifs is 1. The van der Waals surface area contributed by atoms with Gasteiger partial charge in [-0.15, -0.1) is 11.8 Å². The molecular formula is C14H14FN3OS. The molecule has 2 aromatic rings. The van der Waals surface area contributed by atoms with Gasteiger partial charge in [-0.3, -0.25) is 4.79 Å². The van der Waals surface area contributed by atoms with E-state index in [-0.39, 0.29) is 11.4 Å². The molecule has 6 heteroatoms. The maximum atomic E-state index is 13.1. The monoisotopic (exact) mass is 291 g/mol. The standard InChI is InChI=1S/C14H14FN3OS/c15-9-2-1-3-10(6-9)20-8-13-17-12-4-5-16-7-11(12)14(19)18-13/h1-3,6,16H,4-5,7-8H2,(H,17,18,19). The largest absolute Gasteiger partial charge is 0.312 e. The Kier molecular flexibility index (Phi) is 3.84. The van der Waals surface area contributed by atoms with Crippen LogP contribution in [-0.2, 0) is 18.7 Å². The van der Waals surface area contributed by atoms with Crippen LogP contribution in [0.3, 0.4) is 0 Å². The third kappa shape index (κ3) is 2.91. The highest BCUT2D eigenvalue weighted by molar-refractivity contribution is 7.98. The SMILES string of the molecule is O=c1[nH]c(CSc2cccc(F)c2)nc2c1CNCC2. The van der Waals surface area contributed by atoms with E-state index >= 15 is 0 Å². The number of thioether (sulfide) groups is 1. The molecule has 1 aromatic carbocycles. The van der Waals surface area contributed by atoms with Gasteiger partial charge in [-0.25, -0.2) is 9.37 Å². The summed E-state index contributed by atoms with van der Waals surface area (Å²) in [7, 11) is 0. The second kappa shape index (κ2) is 5.76. The number of halogens is 1. The van der Waals surface area contributed by atoms with Crippen molar-refractivity contribution in [2.45, 2.75) is 23.6 Å². The molecule has 0 bridgehead atoms. The van der Waals surface area contributed by atoms with E-state index in [1.54, 1.807) is 6.07 Å². The molecule has 0 saturated carbocycles. The van der Waals surface area contributed by atoms with Crippen molar-refractivity contribution in [1.82, 2.24) is 15.3 Å². The Hall–Kier alpha value is -1.66. The molecule has 1 aliphatic heterocycles. The fourth-order valence-corrected chi connectivity index (χ4v) is 2.99. The van der Waals surface area contributed by atoms with Crippen LogP contribution in [0.2, 0.25) is 0 Å². The first-order valence-corrected chi connectivity index (χ1v) is 7.41. The first kappa shape index (κ1) is 13.3. The molecule has 1 aliphatic rings. The Bertz CT molecular complexity index is 686. The number of aromatic amines is 1. The van der Waals surface area contributed by atoms with Crippen molar-refractivity contribution in [3.63, 3.8) is 0 Å². The van der Waals surface area contributed by atoms with Crippen LogP contribution in [0.25, 0.3) is 0 Å². The number of H-pyrrole nitrogens is 1. The summed E-state index contributed by atoms with van der Waals surface area (Å²) < 4.78 is 13.1. The quantitative estimate of drug-likeness (QED) is 0.847. The third-order valence-corrected chi connectivity index (χ3v) is 4.17. The van der Waals surface area contributed by atoms with E-state index in [9.17, 15) is 9.18 Å². The Balaban J connectivity index is 1.78. The molecule has 1 aromatic heterocycles. The lowest BCUT2D eigenvalue weighted by atomic mass is 10.1. The van der Waals surface area contributed by atoms with Gasteiger partial charge in [-0.2, -0.15) is 0 Å². The van der Waals surface area contributed by atoms with Crippen LogP contribution in [0.5, 0.6) is 0 Å². The normalized spacial score (nSPS) is 14.1. The van der Waals surface area contributed by atoms with Gasteiger partial charge in [0, 0.05) is 24.4 Å². The van der Waals surface area contributed by atoms with Crippen LogP contribution < -0.4 is 10.9 Å². The summed E-state index contributed by atoms with van der Waals surface area (Å²) in [4.78, 5) is 20.1. The van der Waals surface area contributed by atoms with Crippen molar-refractivity contribution in [3.05, 3.63) is 57.5 Å². The first-order chi connectivity index (χ1) is 9.72. The lowest BCUT2D eigenvalue weighted by Crippen LogP contribution is -2.32. The minimum Gasteiger partial charge on any atom is -0.312 e. The summed E-state index contributed by atoms with van der Waals surface area (Å²) in [5.74, 6) is 0.914. The van der Waals surface area contributed by atoms with Crippen LogP contribution in [0.4, 0.5) is 4.39 Å². The average molecular weight is 291 g/mol. The summed E-state index contributed by atoms with van der Waals surface area (Å²) in [6.07, 6.45) is 0.775. The highest BCUT2D eigenvalue weighted by Crippen LogP contribution is 2.22. The maximum absolute atomic E-state index is 13.1. The molecule has 0 fully saturated rings. The Morgan fingerprint density at radius 3 is 3.15 bits per heavy atom. The Labute approximate surface area is 119 Å². The number of nitrogens with zero attached hydrogens (tertiary/aromatic N) is 1. The lowest BCUT2D eigenvalue weighted by molar-refractivity contribution is 0.616. The van der Waals surface area contributed by atoms with E-state index in [0.717, 1.165) is 29.1 Å². The molecule has 3 rings (SSSR count). The summed E-state index contributed by atoms with van der Waals surface area (Å²) in [5, 5.41) is 3.16. The summed E-state index contributed by atoms with van der Waals surface area (Å²) in [6, 6.07) is 6.40. The van der Waals surface area contributed by atoms with Crippen LogP contribution >= 0.6 is 11.8 Å². The number of aromatic nitrogens is 2. The molecule has 4 nitrogen and oxygen atoms in total. The van der Waals surface area contributed by atoms with Gasteiger partial charge in [0.2, 0.25) is 0 Å². The maximum Gasteiger partial charge on any atom is 0.255 e. The van der Waals surface area contributed by atoms with E-state index in [1.165, 1.54) is 23.9 Å². The molecule has 0 unspecified atom stereocenters. The highest BCUT2D eigenvalue weighted by Gasteiger charge is 2.15. The van der Waals surface area contributed by atoms with Crippen molar-refractivity contribution < 1.29 is 4.39 Å². The molecule has 20 heavy (non-hydrogen) atoms. The highest BCUT2D eigenvalue weighted by atomic mass is 32.2. The summed E-state index contributed by atoms with van der Waals surface area (Å²) >= 11 is 1.46. The predicted molar refractivity (Wildman–Crippen MR) is 76.2 cm³/mol. The Morgan fingerprint density at radius 1 is 1.40 bits per heavy atom. The number of hydrogen-bond donors (Lipinski definition) is 2. The zero-order valence-electron chi connectivity index (χ0n) is 10.8. The van der Waals surface area contributed by atoms with Crippen molar-refractivity contribution in [1.29, 1.82) is 0 Å². The van der Waals surface area contributed by atoms with Gasteiger partial charge >= 0.3 is 0 Å². The molecule has 104 valence electrons. The van der Waals surface area contributed by atoms with Gasteiger partial charge in [-0.1, -0.05) is 6.07 Å². The zero-order chi connectivity index (χ0) is 13.9. The Morgan fingerprint density at radius 2 is 2.30 bits per heavy atom. The average Bonchev–Trinajstić information content (AvgIpc) is 2.45. The van der Waals surface area contributed by atoms with E-state index in [1.807, 2.05) is 6.07 Å². The molecule has 0 spiro atoms. The summed E-state index contributed by atoms with van der Waals surface area (Å²) in [5.41, 5.74) is 1.54. The van der Waals surface area contributed by atoms with Crippen molar-refractivity contribution >= 4 is 11.8 Å². The summed E-state index contributed by atoms with van der Waals surface area (Å²) in [6.45, 7) is 1.43. The van der Waals surface area contributed by atoms with Gasteiger partial charge in [0.1, 0.15) is 11.6 Å². The van der Waals surface area contributed by atoms with Gasteiger partial charge < -0.3 is 10.3 Å². The third-order valence-electron chi connectivity index (χ3n) is 3.16. The topological polar surface area (TPSA) is 57.8 Å². The van der Waals surface area contributed by atoms with Gasteiger partial charge in [0.05, 0.1) is 17.0 Å². The van der Waals surface area contributed by atoms with Gasteiger partial charge in [0.25, 0.3) is 5.56 Å². The minimum absolute atomic E-state index is 0.0722. The molecule has 0 atom stereocenters. The molecule has 2 heterocycles. The second-order valence-electron chi connectivity index (χ2n) is 4.61. The number of hydrogen-bond acceptors (Lipinski definition) is 4. The van der Waals surface area contributed by atoms with Crippen LogP contribution in [0.1, 0.15) is 17.1 Å². The number of rotatable bonds is 3. The minimum atomic E-state index is -0.257. The van der Waals surface area contributed by atoms with Crippen LogP contribution in [0, 0.1) is 5.82 Å².